The molecule has 4 nitrogen and oxygen atoms in total. The van der Waals surface area contributed by atoms with E-state index in [2.05, 4.69) is 0 Å². The van der Waals surface area contributed by atoms with E-state index < -0.39 is 6.10 Å². The number of morpholine rings is 1. The van der Waals surface area contributed by atoms with Crippen molar-refractivity contribution in [2.45, 2.75) is 32.0 Å². The highest BCUT2D eigenvalue weighted by Gasteiger charge is 2.42. The average Bonchev–Trinajstić information content (AvgIpc) is 2.64. The van der Waals surface area contributed by atoms with Gasteiger partial charge in [-0.05, 0) is 41.3 Å². The Hall–Kier alpha value is -1.59. The molecule has 1 N–H and O–H groups in total. The molecule has 1 aliphatic heterocycles. The first kappa shape index (κ1) is 20.2. The lowest BCUT2D eigenvalue weighted by Crippen LogP contribution is -2.53. The highest BCUT2D eigenvalue weighted by Crippen LogP contribution is 2.42. The number of benzene rings is 2. The SMILES string of the molecule is CC(C)C(CO)N1C(=O)CO[C@H](c2cccc(Cl)c2)[C@H]1c1ccc(Cl)cc1. The number of carbonyl (C=O) groups excluding carboxylic acids is 1. The number of hydrogen-bond acceptors (Lipinski definition) is 3. The van der Waals surface area contributed by atoms with E-state index in [4.69, 9.17) is 27.9 Å². The highest BCUT2D eigenvalue weighted by atomic mass is 35.5. The number of carbonyl (C=O) groups is 1. The van der Waals surface area contributed by atoms with Crippen LogP contribution in [0.25, 0.3) is 0 Å². The van der Waals surface area contributed by atoms with Gasteiger partial charge in [0.15, 0.2) is 0 Å². The van der Waals surface area contributed by atoms with Crippen molar-refractivity contribution in [3.63, 3.8) is 0 Å². The van der Waals surface area contributed by atoms with Gasteiger partial charge in [-0.25, -0.2) is 0 Å². The summed E-state index contributed by atoms with van der Waals surface area (Å²) >= 11 is 12.3. The molecule has 1 saturated heterocycles. The Morgan fingerprint density at radius 1 is 1.11 bits per heavy atom. The van der Waals surface area contributed by atoms with Crippen LogP contribution in [0, 0.1) is 5.92 Å². The van der Waals surface area contributed by atoms with Gasteiger partial charge in [-0.2, -0.15) is 0 Å². The standard InChI is InChI=1S/C21H23Cl2NO3/c1-13(2)18(11-25)24-19(26)12-27-21(15-4-3-5-17(23)10-15)20(24)14-6-8-16(22)9-7-14/h3-10,13,18,20-21,25H,11-12H2,1-2H3/t18?,20-,21-/m1/s1. The second-order valence-corrected chi connectivity index (χ2v) is 7.95. The average molecular weight is 408 g/mol. The van der Waals surface area contributed by atoms with Gasteiger partial charge in [0.2, 0.25) is 5.91 Å². The summed E-state index contributed by atoms with van der Waals surface area (Å²) in [6.07, 6.45) is -0.393. The fraction of sp³-hybridized carbons (Fsp3) is 0.381. The molecule has 0 aliphatic carbocycles. The molecule has 6 heteroatoms. The van der Waals surface area contributed by atoms with E-state index in [0.717, 1.165) is 11.1 Å². The Labute approximate surface area is 169 Å². The molecule has 27 heavy (non-hydrogen) atoms. The summed E-state index contributed by atoms with van der Waals surface area (Å²) in [5.74, 6) is -0.0483. The van der Waals surface area contributed by atoms with Crippen molar-refractivity contribution in [2.75, 3.05) is 13.2 Å². The van der Waals surface area contributed by atoms with Crippen LogP contribution in [-0.4, -0.2) is 35.2 Å². The summed E-state index contributed by atoms with van der Waals surface area (Å²) in [6, 6.07) is 14.2. The predicted octanol–water partition coefficient (Wildman–Crippen LogP) is 4.65. The quantitative estimate of drug-likeness (QED) is 0.784. The molecule has 1 amide bonds. The zero-order valence-electron chi connectivity index (χ0n) is 15.3. The van der Waals surface area contributed by atoms with E-state index in [9.17, 15) is 9.90 Å². The lowest BCUT2D eigenvalue weighted by molar-refractivity contribution is -0.166. The summed E-state index contributed by atoms with van der Waals surface area (Å²) in [4.78, 5) is 14.6. The van der Waals surface area contributed by atoms with E-state index in [0.29, 0.717) is 10.0 Å². The first-order chi connectivity index (χ1) is 12.9. The Balaban J connectivity index is 2.11. The summed E-state index contributed by atoms with van der Waals surface area (Å²) < 4.78 is 5.97. The third-order valence-corrected chi connectivity index (χ3v) is 5.45. The van der Waals surface area contributed by atoms with Gasteiger partial charge >= 0.3 is 0 Å². The van der Waals surface area contributed by atoms with Crippen molar-refractivity contribution >= 4 is 29.1 Å². The summed E-state index contributed by atoms with van der Waals surface area (Å²) in [7, 11) is 0. The molecule has 0 radical (unpaired) electrons. The van der Waals surface area contributed by atoms with Gasteiger partial charge in [-0.3, -0.25) is 4.79 Å². The number of amides is 1. The molecule has 1 unspecified atom stereocenters. The van der Waals surface area contributed by atoms with Crippen LogP contribution in [0.15, 0.2) is 48.5 Å². The summed E-state index contributed by atoms with van der Waals surface area (Å²) in [5.41, 5.74) is 1.79. The topological polar surface area (TPSA) is 49.8 Å². The lowest BCUT2D eigenvalue weighted by atomic mass is 9.89. The van der Waals surface area contributed by atoms with Crippen LogP contribution in [0.4, 0.5) is 0 Å². The fourth-order valence-corrected chi connectivity index (χ4v) is 3.92. The normalized spacial score (nSPS) is 21.6. The van der Waals surface area contributed by atoms with Crippen molar-refractivity contribution < 1.29 is 14.6 Å². The van der Waals surface area contributed by atoms with Gasteiger partial charge in [0, 0.05) is 10.0 Å². The fourth-order valence-electron chi connectivity index (χ4n) is 3.60. The number of aliphatic hydroxyl groups is 1. The molecular formula is C21H23Cl2NO3. The smallest absolute Gasteiger partial charge is 0.249 e. The Kier molecular flexibility index (Phi) is 6.43. The van der Waals surface area contributed by atoms with Gasteiger partial charge in [0.05, 0.1) is 18.7 Å². The first-order valence-corrected chi connectivity index (χ1v) is 9.72. The Morgan fingerprint density at radius 2 is 1.81 bits per heavy atom. The Bertz CT molecular complexity index is 794. The number of nitrogens with zero attached hydrogens (tertiary/aromatic N) is 1. The van der Waals surface area contributed by atoms with Crippen molar-refractivity contribution in [1.29, 1.82) is 0 Å². The van der Waals surface area contributed by atoms with Crippen molar-refractivity contribution in [3.8, 4) is 0 Å². The molecule has 2 aromatic carbocycles. The molecule has 3 rings (SSSR count). The van der Waals surface area contributed by atoms with Gasteiger partial charge in [-0.1, -0.05) is 61.3 Å². The van der Waals surface area contributed by atoms with Crippen LogP contribution in [0.5, 0.6) is 0 Å². The second-order valence-electron chi connectivity index (χ2n) is 7.08. The molecule has 0 spiro atoms. The van der Waals surface area contributed by atoms with E-state index in [1.54, 1.807) is 23.1 Å². The van der Waals surface area contributed by atoms with Crippen LogP contribution in [0.3, 0.4) is 0 Å². The molecule has 0 saturated carbocycles. The minimum Gasteiger partial charge on any atom is -0.394 e. The van der Waals surface area contributed by atoms with Crippen molar-refractivity contribution in [2.24, 2.45) is 5.92 Å². The van der Waals surface area contributed by atoms with E-state index in [1.165, 1.54) is 0 Å². The largest absolute Gasteiger partial charge is 0.394 e. The lowest BCUT2D eigenvalue weighted by Gasteiger charge is -2.46. The molecular weight excluding hydrogens is 385 g/mol. The molecule has 3 atom stereocenters. The van der Waals surface area contributed by atoms with Gasteiger partial charge < -0.3 is 14.7 Å². The van der Waals surface area contributed by atoms with Crippen molar-refractivity contribution in [3.05, 3.63) is 69.7 Å². The van der Waals surface area contributed by atoms with Gasteiger partial charge in [0.25, 0.3) is 0 Å². The molecule has 2 aromatic rings. The third kappa shape index (κ3) is 4.30. The number of halogens is 2. The molecule has 1 heterocycles. The maximum atomic E-state index is 12.8. The van der Waals surface area contributed by atoms with Crippen LogP contribution in [0.2, 0.25) is 10.0 Å². The van der Waals surface area contributed by atoms with E-state index >= 15 is 0 Å². The van der Waals surface area contributed by atoms with E-state index in [1.807, 2.05) is 44.2 Å². The molecule has 1 aliphatic rings. The second kappa shape index (κ2) is 8.61. The van der Waals surface area contributed by atoms with E-state index in [-0.39, 0.29) is 37.1 Å². The third-order valence-electron chi connectivity index (χ3n) is 4.96. The number of rotatable bonds is 5. The predicted molar refractivity (Wildman–Crippen MR) is 107 cm³/mol. The maximum Gasteiger partial charge on any atom is 0.249 e. The van der Waals surface area contributed by atoms with Gasteiger partial charge in [-0.15, -0.1) is 0 Å². The maximum absolute atomic E-state index is 12.8. The molecule has 0 aromatic heterocycles. The molecule has 1 fully saturated rings. The monoisotopic (exact) mass is 407 g/mol. The summed E-state index contributed by atoms with van der Waals surface area (Å²) in [5, 5.41) is 11.2. The van der Waals surface area contributed by atoms with Gasteiger partial charge in [0.1, 0.15) is 12.7 Å². The van der Waals surface area contributed by atoms with Crippen LogP contribution in [0.1, 0.15) is 37.1 Å². The van der Waals surface area contributed by atoms with Crippen molar-refractivity contribution in [1.82, 2.24) is 4.90 Å². The van der Waals surface area contributed by atoms with Crippen LogP contribution in [-0.2, 0) is 9.53 Å². The van der Waals surface area contributed by atoms with Crippen LogP contribution < -0.4 is 0 Å². The molecule has 0 bridgehead atoms. The zero-order chi connectivity index (χ0) is 19.6. The molecule has 144 valence electrons. The number of hydrogen-bond donors (Lipinski definition) is 1. The van der Waals surface area contributed by atoms with Crippen LogP contribution >= 0.6 is 23.2 Å². The minimum atomic E-state index is -0.393. The highest BCUT2D eigenvalue weighted by molar-refractivity contribution is 6.30. The first-order valence-electron chi connectivity index (χ1n) is 8.97. The summed E-state index contributed by atoms with van der Waals surface area (Å²) in [6.45, 7) is 3.84. The number of aliphatic hydroxyl groups excluding tert-OH is 1. The minimum absolute atomic E-state index is 0.0372. The Morgan fingerprint density at radius 3 is 2.41 bits per heavy atom. The number of ether oxygens (including phenoxy) is 1. The zero-order valence-corrected chi connectivity index (χ0v) is 16.8.